The number of carbonyl (C=O) groups is 2. The first-order valence-corrected chi connectivity index (χ1v) is 6.16. The van der Waals surface area contributed by atoms with Crippen molar-refractivity contribution in [2.24, 2.45) is 0 Å². The van der Waals surface area contributed by atoms with Crippen LogP contribution in [-0.4, -0.2) is 63.3 Å². The van der Waals surface area contributed by atoms with E-state index in [4.69, 9.17) is 4.74 Å². The Bertz CT molecular complexity index is 296. The van der Waals surface area contributed by atoms with E-state index >= 15 is 0 Å². The van der Waals surface area contributed by atoms with Gasteiger partial charge in [0.25, 0.3) is 0 Å². The van der Waals surface area contributed by atoms with E-state index in [-0.39, 0.29) is 24.0 Å². The highest BCUT2D eigenvalue weighted by atomic mass is 16.5. The molecule has 1 N–H and O–H groups in total. The fourth-order valence-electron chi connectivity index (χ4n) is 2.01. The molecule has 6 nitrogen and oxygen atoms in total. The number of likely N-dealkylation sites (N-methyl/N-ethyl adjacent to an activating group) is 1. The van der Waals surface area contributed by atoms with Crippen molar-refractivity contribution in [3.8, 4) is 0 Å². The maximum atomic E-state index is 12.0. The van der Waals surface area contributed by atoms with Gasteiger partial charge in [0, 0.05) is 33.7 Å². The molecule has 2 atom stereocenters. The van der Waals surface area contributed by atoms with Crippen LogP contribution < -0.4 is 5.32 Å². The highest BCUT2D eigenvalue weighted by molar-refractivity contribution is 5.82. The third-order valence-corrected chi connectivity index (χ3v) is 3.20. The molecule has 0 spiro atoms. The lowest BCUT2D eigenvalue weighted by Crippen LogP contribution is -2.42. The van der Waals surface area contributed by atoms with Gasteiger partial charge in [-0.1, -0.05) is 0 Å². The molecule has 0 saturated carbocycles. The SMILES string of the molecule is COC(=O)CCCN(C)C(=O)C1CC(OC)CN1. The van der Waals surface area contributed by atoms with Gasteiger partial charge in [-0.25, -0.2) is 0 Å². The second kappa shape index (κ2) is 7.33. The topological polar surface area (TPSA) is 67.9 Å². The Morgan fingerprint density at radius 1 is 1.39 bits per heavy atom. The summed E-state index contributed by atoms with van der Waals surface area (Å²) in [6, 6.07) is -0.168. The van der Waals surface area contributed by atoms with E-state index in [1.807, 2.05) is 0 Å². The zero-order chi connectivity index (χ0) is 13.5. The molecule has 104 valence electrons. The lowest BCUT2D eigenvalue weighted by molar-refractivity contribution is -0.141. The van der Waals surface area contributed by atoms with Crippen LogP contribution in [0, 0.1) is 0 Å². The summed E-state index contributed by atoms with van der Waals surface area (Å²) in [5.41, 5.74) is 0. The van der Waals surface area contributed by atoms with Gasteiger partial charge in [0.15, 0.2) is 0 Å². The molecule has 1 fully saturated rings. The van der Waals surface area contributed by atoms with Crippen molar-refractivity contribution in [2.45, 2.75) is 31.4 Å². The van der Waals surface area contributed by atoms with Gasteiger partial charge in [0.2, 0.25) is 5.91 Å². The minimum absolute atomic E-state index is 0.0550. The zero-order valence-electron chi connectivity index (χ0n) is 11.3. The highest BCUT2D eigenvalue weighted by Crippen LogP contribution is 2.11. The summed E-state index contributed by atoms with van der Waals surface area (Å²) >= 11 is 0. The van der Waals surface area contributed by atoms with E-state index in [0.717, 1.165) is 0 Å². The first-order valence-electron chi connectivity index (χ1n) is 6.16. The van der Waals surface area contributed by atoms with E-state index in [9.17, 15) is 9.59 Å². The third-order valence-electron chi connectivity index (χ3n) is 3.20. The van der Waals surface area contributed by atoms with Crippen molar-refractivity contribution in [3.05, 3.63) is 0 Å². The molecule has 0 aliphatic carbocycles. The summed E-state index contributed by atoms with van der Waals surface area (Å²) in [6.45, 7) is 1.27. The van der Waals surface area contributed by atoms with Crippen molar-refractivity contribution in [2.75, 3.05) is 34.4 Å². The molecule has 0 aromatic rings. The molecule has 1 rings (SSSR count). The molecule has 0 aromatic carbocycles. The Balaban J connectivity index is 2.27. The van der Waals surface area contributed by atoms with Gasteiger partial charge in [-0.3, -0.25) is 9.59 Å². The van der Waals surface area contributed by atoms with Crippen molar-refractivity contribution in [1.82, 2.24) is 10.2 Å². The number of nitrogens with one attached hydrogen (secondary N) is 1. The van der Waals surface area contributed by atoms with Crippen LogP contribution in [0.2, 0.25) is 0 Å². The fourth-order valence-corrected chi connectivity index (χ4v) is 2.01. The molecule has 0 radical (unpaired) electrons. The lowest BCUT2D eigenvalue weighted by atomic mass is 10.1. The van der Waals surface area contributed by atoms with Gasteiger partial charge in [0.05, 0.1) is 19.3 Å². The molecule has 1 aliphatic heterocycles. The molecule has 0 aromatic heterocycles. The Kier molecular flexibility index (Phi) is 6.07. The summed E-state index contributed by atoms with van der Waals surface area (Å²) in [4.78, 5) is 24.6. The lowest BCUT2D eigenvalue weighted by Gasteiger charge is -2.20. The average molecular weight is 258 g/mol. The van der Waals surface area contributed by atoms with Crippen LogP contribution in [0.3, 0.4) is 0 Å². The van der Waals surface area contributed by atoms with Gasteiger partial charge >= 0.3 is 5.97 Å². The standard InChI is InChI=1S/C12H22N2O4/c1-14(6-4-5-11(15)18-3)12(16)10-7-9(17-2)8-13-10/h9-10,13H,4-8H2,1-3H3. The number of nitrogens with zero attached hydrogens (tertiary/aromatic N) is 1. The summed E-state index contributed by atoms with van der Waals surface area (Å²) in [7, 11) is 4.77. The molecule has 6 heteroatoms. The number of ether oxygens (including phenoxy) is 2. The van der Waals surface area contributed by atoms with Crippen molar-refractivity contribution < 1.29 is 19.1 Å². The number of esters is 1. The molecule has 0 bridgehead atoms. The van der Waals surface area contributed by atoms with Crippen LogP contribution >= 0.6 is 0 Å². The number of hydrogen-bond donors (Lipinski definition) is 1. The van der Waals surface area contributed by atoms with Gasteiger partial charge in [0.1, 0.15) is 0 Å². The average Bonchev–Trinajstić information content (AvgIpc) is 2.86. The van der Waals surface area contributed by atoms with Crippen molar-refractivity contribution in [1.29, 1.82) is 0 Å². The second-order valence-electron chi connectivity index (χ2n) is 4.49. The third kappa shape index (κ3) is 4.27. The number of amides is 1. The predicted octanol–water partition coefficient (Wildman–Crippen LogP) is -0.225. The Labute approximate surface area is 108 Å². The Morgan fingerprint density at radius 2 is 2.11 bits per heavy atom. The minimum Gasteiger partial charge on any atom is -0.469 e. The van der Waals surface area contributed by atoms with Crippen LogP contribution in [0.4, 0.5) is 0 Å². The summed E-state index contributed by atoms with van der Waals surface area (Å²) in [5, 5.41) is 3.14. The minimum atomic E-state index is -0.241. The van der Waals surface area contributed by atoms with E-state index in [1.165, 1.54) is 7.11 Å². The molecular weight excluding hydrogens is 236 g/mol. The van der Waals surface area contributed by atoms with Gasteiger partial charge in [-0.05, 0) is 12.8 Å². The molecule has 1 saturated heterocycles. The molecule has 2 unspecified atom stereocenters. The smallest absolute Gasteiger partial charge is 0.305 e. The van der Waals surface area contributed by atoms with Crippen LogP contribution in [-0.2, 0) is 19.1 Å². The quantitative estimate of drug-likeness (QED) is 0.667. The number of rotatable bonds is 6. The number of hydrogen-bond acceptors (Lipinski definition) is 5. The van der Waals surface area contributed by atoms with Crippen molar-refractivity contribution >= 4 is 11.9 Å². The summed E-state index contributed by atoms with van der Waals surface area (Å²) < 4.78 is 9.75. The van der Waals surface area contributed by atoms with Gasteiger partial charge in [-0.15, -0.1) is 0 Å². The van der Waals surface area contributed by atoms with Gasteiger partial charge in [-0.2, -0.15) is 0 Å². The second-order valence-corrected chi connectivity index (χ2v) is 4.49. The largest absolute Gasteiger partial charge is 0.469 e. The normalized spacial score (nSPS) is 22.8. The Morgan fingerprint density at radius 3 is 2.67 bits per heavy atom. The first-order chi connectivity index (χ1) is 8.58. The number of carbonyl (C=O) groups excluding carboxylic acids is 2. The molecular formula is C12H22N2O4. The maximum absolute atomic E-state index is 12.0. The first kappa shape index (κ1) is 14.9. The van der Waals surface area contributed by atoms with E-state index in [0.29, 0.717) is 32.4 Å². The van der Waals surface area contributed by atoms with Crippen LogP contribution in [0.15, 0.2) is 0 Å². The van der Waals surface area contributed by atoms with E-state index in [1.54, 1.807) is 19.1 Å². The van der Waals surface area contributed by atoms with Crippen LogP contribution in [0.25, 0.3) is 0 Å². The molecule has 18 heavy (non-hydrogen) atoms. The zero-order valence-corrected chi connectivity index (χ0v) is 11.3. The van der Waals surface area contributed by atoms with Crippen LogP contribution in [0.1, 0.15) is 19.3 Å². The maximum Gasteiger partial charge on any atom is 0.305 e. The predicted molar refractivity (Wildman–Crippen MR) is 66.1 cm³/mol. The van der Waals surface area contributed by atoms with Crippen LogP contribution in [0.5, 0.6) is 0 Å². The highest BCUT2D eigenvalue weighted by Gasteiger charge is 2.30. The van der Waals surface area contributed by atoms with Crippen molar-refractivity contribution in [3.63, 3.8) is 0 Å². The molecule has 1 amide bonds. The number of methoxy groups -OCH3 is 2. The summed E-state index contributed by atoms with van der Waals surface area (Å²) in [6.07, 6.45) is 1.78. The van der Waals surface area contributed by atoms with E-state index in [2.05, 4.69) is 10.1 Å². The van der Waals surface area contributed by atoms with E-state index < -0.39 is 0 Å². The monoisotopic (exact) mass is 258 g/mol. The molecule has 1 aliphatic rings. The fraction of sp³-hybridized carbons (Fsp3) is 0.833. The molecule has 1 heterocycles. The summed E-state index contributed by atoms with van der Waals surface area (Å²) in [5.74, 6) is -0.186. The van der Waals surface area contributed by atoms with Gasteiger partial charge < -0.3 is 19.7 Å². The Hall–Kier alpha value is -1.14.